The molecule has 0 aliphatic heterocycles. The van der Waals surface area contributed by atoms with Crippen LogP contribution in [-0.4, -0.2) is 18.1 Å². The van der Waals surface area contributed by atoms with Gasteiger partial charge in [0.05, 0.1) is 12.6 Å². The molecule has 0 fully saturated rings. The Balaban J connectivity index is 2.15. The second-order valence-corrected chi connectivity index (χ2v) is 6.04. The second kappa shape index (κ2) is 7.09. The molecule has 4 nitrogen and oxygen atoms in total. The summed E-state index contributed by atoms with van der Waals surface area (Å²) in [5, 5.41) is 1.08. The first kappa shape index (κ1) is 16.0. The van der Waals surface area contributed by atoms with Crippen molar-refractivity contribution in [2.45, 2.75) is 25.7 Å². The number of unbranched alkanes of at least 4 members (excludes halogenated alkanes) is 1. The number of carbonyl (C=O) groups is 1. The zero-order valence-electron chi connectivity index (χ0n) is 11.5. The molecular weight excluding hydrogens is 358 g/mol. The maximum atomic E-state index is 12.1. The van der Waals surface area contributed by atoms with Crippen molar-refractivity contribution in [1.82, 2.24) is 4.98 Å². The van der Waals surface area contributed by atoms with Gasteiger partial charge in [-0.15, -0.1) is 0 Å². The van der Waals surface area contributed by atoms with E-state index >= 15 is 0 Å². The van der Waals surface area contributed by atoms with E-state index in [1.165, 1.54) is 7.11 Å². The third-order valence-corrected chi connectivity index (χ3v) is 4.06. The molecular formula is C15H15BrClNO3. The fraction of sp³-hybridized carbons (Fsp3) is 0.333. The van der Waals surface area contributed by atoms with Crippen molar-refractivity contribution in [1.29, 1.82) is 0 Å². The van der Waals surface area contributed by atoms with Crippen LogP contribution in [0, 0.1) is 0 Å². The summed E-state index contributed by atoms with van der Waals surface area (Å²) in [6.45, 7) is 0. The van der Waals surface area contributed by atoms with Crippen LogP contribution in [0.2, 0.25) is 5.02 Å². The minimum Gasteiger partial charge on any atom is -0.469 e. The van der Waals surface area contributed by atoms with Gasteiger partial charge in [0.2, 0.25) is 0 Å². The minimum atomic E-state index is -0.209. The molecule has 0 saturated carbocycles. The summed E-state index contributed by atoms with van der Waals surface area (Å²) < 4.78 is 5.35. The third-order valence-electron chi connectivity index (χ3n) is 3.22. The van der Waals surface area contributed by atoms with Crippen LogP contribution in [0.25, 0.3) is 10.9 Å². The van der Waals surface area contributed by atoms with E-state index < -0.39 is 0 Å². The first-order valence-corrected chi connectivity index (χ1v) is 7.76. The molecule has 112 valence electrons. The number of hydrogen-bond donors (Lipinski definition) is 1. The van der Waals surface area contributed by atoms with Gasteiger partial charge < -0.3 is 9.72 Å². The molecule has 0 spiro atoms. The Labute approximate surface area is 135 Å². The molecule has 0 aliphatic rings. The van der Waals surface area contributed by atoms with Crippen LogP contribution < -0.4 is 5.43 Å². The van der Waals surface area contributed by atoms with Crippen LogP contribution in [0.4, 0.5) is 0 Å². The van der Waals surface area contributed by atoms with Crippen molar-refractivity contribution in [2.24, 2.45) is 0 Å². The number of rotatable bonds is 5. The van der Waals surface area contributed by atoms with Gasteiger partial charge in [-0.2, -0.15) is 0 Å². The van der Waals surface area contributed by atoms with E-state index in [-0.39, 0.29) is 11.4 Å². The number of aromatic nitrogens is 1. The molecule has 0 radical (unpaired) electrons. The van der Waals surface area contributed by atoms with Gasteiger partial charge in [-0.3, -0.25) is 9.59 Å². The molecule has 2 aromatic rings. The fourth-order valence-electron chi connectivity index (χ4n) is 2.15. The first-order valence-electron chi connectivity index (χ1n) is 6.59. The zero-order valence-corrected chi connectivity index (χ0v) is 13.9. The number of nitrogens with one attached hydrogen (secondary N) is 1. The Kier molecular flexibility index (Phi) is 5.42. The van der Waals surface area contributed by atoms with Crippen LogP contribution in [-0.2, 0) is 16.0 Å². The molecule has 21 heavy (non-hydrogen) atoms. The van der Waals surface area contributed by atoms with Gasteiger partial charge in [-0.25, -0.2) is 0 Å². The van der Waals surface area contributed by atoms with Crippen molar-refractivity contribution >= 4 is 44.4 Å². The zero-order chi connectivity index (χ0) is 15.4. The van der Waals surface area contributed by atoms with Gasteiger partial charge in [-0.1, -0.05) is 11.6 Å². The molecule has 0 bridgehead atoms. The molecule has 0 unspecified atom stereocenters. The van der Waals surface area contributed by atoms with Crippen molar-refractivity contribution in [3.05, 3.63) is 43.6 Å². The predicted molar refractivity (Wildman–Crippen MR) is 86.8 cm³/mol. The average Bonchev–Trinajstić information content (AvgIpc) is 2.44. The van der Waals surface area contributed by atoms with Crippen molar-refractivity contribution in [3.63, 3.8) is 0 Å². The average molecular weight is 373 g/mol. The summed E-state index contributed by atoms with van der Waals surface area (Å²) in [6, 6.07) is 4.99. The largest absolute Gasteiger partial charge is 0.469 e. The number of pyridine rings is 1. The van der Waals surface area contributed by atoms with E-state index in [0.29, 0.717) is 23.3 Å². The Morgan fingerprint density at radius 2 is 2.10 bits per heavy atom. The van der Waals surface area contributed by atoms with Gasteiger partial charge >= 0.3 is 5.97 Å². The lowest BCUT2D eigenvalue weighted by molar-refractivity contribution is -0.140. The number of hydrogen-bond acceptors (Lipinski definition) is 3. The lowest BCUT2D eigenvalue weighted by Crippen LogP contribution is -2.06. The SMILES string of the molecule is COC(=O)CCCCc1cc(=O)c2cc(Cl)cc(Br)c2[nH]1. The van der Waals surface area contributed by atoms with Gasteiger partial charge in [0, 0.05) is 33.1 Å². The minimum absolute atomic E-state index is 0.0603. The van der Waals surface area contributed by atoms with Crippen LogP contribution in [0.15, 0.2) is 27.5 Å². The molecule has 1 heterocycles. The van der Waals surface area contributed by atoms with E-state index in [2.05, 4.69) is 25.7 Å². The van der Waals surface area contributed by atoms with Gasteiger partial charge in [0.15, 0.2) is 5.43 Å². The molecule has 0 atom stereocenters. The van der Waals surface area contributed by atoms with Crippen molar-refractivity contribution in [3.8, 4) is 0 Å². The number of fused-ring (bicyclic) bond motifs is 1. The Bertz CT molecular complexity index is 727. The topological polar surface area (TPSA) is 59.2 Å². The van der Waals surface area contributed by atoms with Gasteiger partial charge in [0.1, 0.15) is 0 Å². The number of aromatic amines is 1. The van der Waals surface area contributed by atoms with Crippen LogP contribution >= 0.6 is 27.5 Å². The third kappa shape index (κ3) is 4.08. The van der Waals surface area contributed by atoms with Crippen LogP contribution in [0.5, 0.6) is 0 Å². The smallest absolute Gasteiger partial charge is 0.305 e. The number of esters is 1. The monoisotopic (exact) mass is 371 g/mol. The highest BCUT2D eigenvalue weighted by molar-refractivity contribution is 9.10. The number of benzene rings is 1. The first-order chi connectivity index (χ1) is 10.0. The lowest BCUT2D eigenvalue weighted by Gasteiger charge is -2.06. The van der Waals surface area contributed by atoms with Crippen molar-refractivity contribution in [2.75, 3.05) is 7.11 Å². The molecule has 1 aromatic carbocycles. The van der Waals surface area contributed by atoms with Gasteiger partial charge in [-0.05, 0) is 47.3 Å². The molecule has 0 saturated heterocycles. The number of carbonyl (C=O) groups excluding carboxylic acids is 1. The molecule has 1 N–H and O–H groups in total. The summed E-state index contributed by atoms with van der Waals surface area (Å²) in [5.74, 6) is -0.209. The quantitative estimate of drug-likeness (QED) is 0.641. The highest BCUT2D eigenvalue weighted by atomic mass is 79.9. The predicted octanol–water partition coefficient (Wildman–Crippen LogP) is 3.83. The van der Waals surface area contributed by atoms with E-state index in [9.17, 15) is 9.59 Å². The lowest BCUT2D eigenvalue weighted by atomic mass is 10.1. The molecule has 0 amide bonds. The normalized spacial score (nSPS) is 10.8. The number of methoxy groups -OCH3 is 1. The van der Waals surface area contributed by atoms with Gasteiger partial charge in [0.25, 0.3) is 0 Å². The summed E-state index contributed by atoms with van der Waals surface area (Å²) in [4.78, 5) is 26.4. The van der Waals surface area contributed by atoms with E-state index in [4.69, 9.17) is 11.6 Å². The number of aryl methyl sites for hydroxylation is 1. The highest BCUT2D eigenvalue weighted by Crippen LogP contribution is 2.25. The van der Waals surface area contributed by atoms with Crippen LogP contribution in [0.1, 0.15) is 25.0 Å². The molecule has 6 heteroatoms. The molecule has 2 rings (SSSR count). The number of H-pyrrole nitrogens is 1. The summed E-state index contributed by atoms with van der Waals surface area (Å²) in [7, 11) is 1.38. The maximum Gasteiger partial charge on any atom is 0.305 e. The molecule has 0 aliphatic carbocycles. The highest BCUT2D eigenvalue weighted by Gasteiger charge is 2.07. The van der Waals surface area contributed by atoms with Crippen molar-refractivity contribution < 1.29 is 9.53 Å². The molecule has 1 aromatic heterocycles. The Morgan fingerprint density at radius 3 is 2.81 bits per heavy atom. The van der Waals surface area contributed by atoms with E-state index in [1.54, 1.807) is 18.2 Å². The van der Waals surface area contributed by atoms with E-state index in [0.717, 1.165) is 28.5 Å². The number of ether oxygens (including phenoxy) is 1. The summed E-state index contributed by atoms with van der Waals surface area (Å²) >= 11 is 9.37. The van der Waals surface area contributed by atoms with Crippen LogP contribution in [0.3, 0.4) is 0 Å². The van der Waals surface area contributed by atoms with E-state index in [1.807, 2.05) is 0 Å². The maximum absolute atomic E-state index is 12.1. The standard InChI is InChI=1S/C15H15BrClNO3/c1-21-14(20)5-3-2-4-10-8-13(19)11-6-9(17)7-12(16)15(11)18-10/h6-8H,2-5H2,1H3,(H,18,19). The Hall–Kier alpha value is -1.33. The summed E-state index contributed by atoms with van der Waals surface area (Å²) in [6.07, 6.45) is 2.64. The second-order valence-electron chi connectivity index (χ2n) is 4.75. The fourth-order valence-corrected chi connectivity index (χ4v) is 3.06. The number of halogens is 2. The Morgan fingerprint density at radius 1 is 1.33 bits per heavy atom. The summed E-state index contributed by atoms with van der Waals surface area (Å²) in [5.41, 5.74) is 1.53.